The van der Waals surface area contributed by atoms with Crippen LogP contribution in [0.4, 0.5) is 8.78 Å². The van der Waals surface area contributed by atoms with Gasteiger partial charge in [0.2, 0.25) is 0 Å². The first kappa shape index (κ1) is 8.88. The highest BCUT2D eigenvalue weighted by molar-refractivity contribution is 5.63. The van der Waals surface area contributed by atoms with E-state index in [4.69, 9.17) is 0 Å². The van der Waals surface area contributed by atoms with Gasteiger partial charge in [0.1, 0.15) is 11.6 Å². The number of hydrogen-bond donors (Lipinski definition) is 0. The molecule has 0 unspecified atom stereocenters. The number of rotatable bonds is 1. The molecule has 0 aliphatic carbocycles. The topological polar surface area (TPSA) is 0 Å². The molecule has 0 fully saturated rings. The van der Waals surface area contributed by atoms with E-state index in [2.05, 4.69) is 6.07 Å². The van der Waals surface area contributed by atoms with Crippen molar-refractivity contribution in [2.75, 3.05) is 0 Å². The summed E-state index contributed by atoms with van der Waals surface area (Å²) in [4.78, 5) is 0. The van der Waals surface area contributed by atoms with Crippen molar-refractivity contribution < 1.29 is 8.78 Å². The molecular weight excluding hydrogens is 182 g/mol. The molecule has 0 aromatic heterocycles. The van der Waals surface area contributed by atoms with E-state index in [1.54, 1.807) is 12.1 Å². The number of halogens is 2. The average molecular weight is 189 g/mol. The molecule has 0 spiro atoms. The lowest BCUT2D eigenvalue weighted by molar-refractivity contribution is 0.625. The fourth-order valence-electron chi connectivity index (χ4n) is 1.25. The first-order chi connectivity index (χ1) is 6.77. The van der Waals surface area contributed by atoms with Crippen molar-refractivity contribution in [1.82, 2.24) is 0 Å². The molecule has 0 aliphatic heterocycles. The molecular formula is C12H7F2. The van der Waals surface area contributed by atoms with E-state index in [0.29, 0.717) is 11.1 Å². The van der Waals surface area contributed by atoms with E-state index in [9.17, 15) is 8.78 Å². The Bertz CT molecular complexity index is 432. The average Bonchev–Trinajstić information content (AvgIpc) is 2.20. The van der Waals surface area contributed by atoms with Crippen molar-refractivity contribution in [3.63, 3.8) is 0 Å². The van der Waals surface area contributed by atoms with Crippen LogP contribution in [0, 0.1) is 17.7 Å². The summed E-state index contributed by atoms with van der Waals surface area (Å²) in [5.41, 5.74) is 0.997. The van der Waals surface area contributed by atoms with Crippen molar-refractivity contribution in [1.29, 1.82) is 0 Å². The third-order valence-corrected chi connectivity index (χ3v) is 1.94. The minimum absolute atomic E-state index is 0.329. The highest BCUT2D eigenvalue weighted by Crippen LogP contribution is 2.21. The van der Waals surface area contributed by atoms with Crippen LogP contribution in [0.3, 0.4) is 0 Å². The molecule has 0 amide bonds. The molecule has 2 rings (SSSR count). The van der Waals surface area contributed by atoms with Crippen LogP contribution in [-0.2, 0) is 0 Å². The third kappa shape index (κ3) is 1.64. The molecule has 2 aromatic carbocycles. The highest BCUT2D eigenvalue weighted by atomic mass is 19.1. The van der Waals surface area contributed by atoms with Crippen LogP contribution in [0.1, 0.15) is 0 Å². The Hall–Kier alpha value is -1.70. The van der Waals surface area contributed by atoms with Crippen molar-refractivity contribution in [2.24, 2.45) is 0 Å². The lowest BCUT2D eigenvalue weighted by Crippen LogP contribution is -1.83. The first-order valence-electron chi connectivity index (χ1n) is 4.19. The summed E-state index contributed by atoms with van der Waals surface area (Å²) in [6, 6.07) is 13.0. The molecule has 0 bridgehead atoms. The summed E-state index contributed by atoms with van der Waals surface area (Å²) in [5.74, 6) is -0.677. The molecule has 0 heterocycles. The number of benzene rings is 2. The second-order valence-corrected chi connectivity index (χ2v) is 2.90. The molecule has 69 valence electrons. The Morgan fingerprint density at radius 3 is 2.29 bits per heavy atom. The smallest absolute Gasteiger partial charge is 0.131 e. The standard InChI is InChI=1S/C12H7F2/c13-10-7-5-9(6-8-10)11-3-1-2-4-12(11)14/h1-2,4-8H. The lowest BCUT2D eigenvalue weighted by Gasteiger charge is -2.01. The van der Waals surface area contributed by atoms with Gasteiger partial charge in [-0.15, -0.1) is 0 Å². The van der Waals surface area contributed by atoms with Gasteiger partial charge in [-0.05, 0) is 29.8 Å². The summed E-state index contributed by atoms with van der Waals surface area (Å²) < 4.78 is 25.8. The van der Waals surface area contributed by atoms with Gasteiger partial charge in [0.15, 0.2) is 0 Å². The Morgan fingerprint density at radius 1 is 0.929 bits per heavy atom. The maximum atomic E-state index is 13.3. The normalized spacial score (nSPS) is 10.1. The maximum absolute atomic E-state index is 13.3. The van der Waals surface area contributed by atoms with Gasteiger partial charge in [-0.25, -0.2) is 8.78 Å². The zero-order valence-corrected chi connectivity index (χ0v) is 7.30. The zero-order valence-electron chi connectivity index (χ0n) is 7.30. The molecule has 0 nitrogen and oxygen atoms in total. The summed E-state index contributed by atoms with van der Waals surface area (Å²) in [5, 5.41) is 0. The molecule has 1 radical (unpaired) electrons. The quantitative estimate of drug-likeness (QED) is 0.644. The fraction of sp³-hybridized carbons (Fsp3) is 0. The minimum Gasteiger partial charge on any atom is -0.207 e. The molecule has 0 N–H and O–H groups in total. The van der Waals surface area contributed by atoms with Crippen molar-refractivity contribution in [2.45, 2.75) is 0 Å². The van der Waals surface area contributed by atoms with Crippen LogP contribution in [-0.4, -0.2) is 0 Å². The van der Waals surface area contributed by atoms with Crippen molar-refractivity contribution in [3.05, 3.63) is 60.2 Å². The molecule has 0 atom stereocenters. The SMILES string of the molecule is Fc1ccc(-c2[c]cccc2F)cc1. The maximum Gasteiger partial charge on any atom is 0.131 e. The first-order valence-corrected chi connectivity index (χ1v) is 4.19. The third-order valence-electron chi connectivity index (χ3n) is 1.94. The van der Waals surface area contributed by atoms with E-state index in [1.165, 1.54) is 30.3 Å². The second-order valence-electron chi connectivity index (χ2n) is 2.90. The van der Waals surface area contributed by atoms with Gasteiger partial charge in [-0.3, -0.25) is 0 Å². The monoisotopic (exact) mass is 189 g/mol. The van der Waals surface area contributed by atoms with Gasteiger partial charge in [0.25, 0.3) is 0 Å². The highest BCUT2D eigenvalue weighted by Gasteiger charge is 2.03. The van der Waals surface area contributed by atoms with Gasteiger partial charge in [0, 0.05) is 5.56 Å². The summed E-state index contributed by atoms with van der Waals surface area (Å²) in [6.07, 6.45) is 0. The van der Waals surface area contributed by atoms with E-state index in [-0.39, 0.29) is 11.6 Å². The van der Waals surface area contributed by atoms with Crippen LogP contribution in [0.25, 0.3) is 11.1 Å². The van der Waals surface area contributed by atoms with Crippen LogP contribution in [0.15, 0.2) is 42.5 Å². The molecule has 2 aromatic rings. The van der Waals surface area contributed by atoms with Gasteiger partial charge in [-0.2, -0.15) is 0 Å². The Kier molecular flexibility index (Phi) is 2.27. The zero-order chi connectivity index (χ0) is 9.97. The molecule has 2 heteroatoms. The molecule has 0 saturated carbocycles. The molecule has 0 saturated heterocycles. The van der Waals surface area contributed by atoms with E-state index in [1.807, 2.05) is 0 Å². The number of hydrogen-bond acceptors (Lipinski definition) is 0. The van der Waals surface area contributed by atoms with Crippen LogP contribution < -0.4 is 0 Å². The fourth-order valence-corrected chi connectivity index (χ4v) is 1.25. The van der Waals surface area contributed by atoms with Gasteiger partial charge >= 0.3 is 0 Å². The summed E-state index contributed by atoms with van der Waals surface area (Å²) in [6.45, 7) is 0. The van der Waals surface area contributed by atoms with Crippen LogP contribution in [0.2, 0.25) is 0 Å². The molecule has 14 heavy (non-hydrogen) atoms. The van der Waals surface area contributed by atoms with E-state index >= 15 is 0 Å². The van der Waals surface area contributed by atoms with Crippen LogP contribution >= 0.6 is 0 Å². The predicted octanol–water partition coefficient (Wildman–Crippen LogP) is 3.43. The van der Waals surface area contributed by atoms with E-state index < -0.39 is 0 Å². The van der Waals surface area contributed by atoms with Crippen molar-refractivity contribution >= 4 is 0 Å². The summed E-state index contributed by atoms with van der Waals surface area (Å²) >= 11 is 0. The van der Waals surface area contributed by atoms with Gasteiger partial charge in [0.05, 0.1) is 0 Å². The van der Waals surface area contributed by atoms with Crippen molar-refractivity contribution in [3.8, 4) is 11.1 Å². The lowest BCUT2D eigenvalue weighted by atomic mass is 10.1. The largest absolute Gasteiger partial charge is 0.207 e. The Balaban J connectivity index is 2.50. The van der Waals surface area contributed by atoms with E-state index in [0.717, 1.165) is 0 Å². The van der Waals surface area contributed by atoms with Gasteiger partial charge in [-0.1, -0.05) is 24.3 Å². The van der Waals surface area contributed by atoms with Gasteiger partial charge < -0.3 is 0 Å². The second kappa shape index (κ2) is 3.58. The Morgan fingerprint density at radius 2 is 1.64 bits per heavy atom. The van der Waals surface area contributed by atoms with Crippen LogP contribution in [0.5, 0.6) is 0 Å². The molecule has 0 aliphatic rings. The Labute approximate surface area is 80.8 Å². The minimum atomic E-state index is -0.348. The summed E-state index contributed by atoms with van der Waals surface area (Å²) in [7, 11) is 0. The predicted molar refractivity (Wildman–Crippen MR) is 50.6 cm³/mol.